The van der Waals surface area contributed by atoms with Crippen LogP contribution >= 0.6 is 0 Å². The Morgan fingerprint density at radius 2 is 1.83 bits per heavy atom. The van der Waals surface area contributed by atoms with Crippen LogP contribution in [-0.4, -0.2) is 64.7 Å². The van der Waals surface area contributed by atoms with Crippen LogP contribution in [0.5, 0.6) is 0 Å². The summed E-state index contributed by atoms with van der Waals surface area (Å²) in [5.74, 6) is -0.0672. The van der Waals surface area contributed by atoms with Crippen LogP contribution in [0.1, 0.15) is 41.0 Å². The molecule has 2 aliphatic heterocycles. The number of hydrogen-bond donors (Lipinski definition) is 2. The molecule has 0 aromatic carbocycles. The summed E-state index contributed by atoms with van der Waals surface area (Å²) >= 11 is 0. The minimum absolute atomic E-state index is 0.0142. The first-order chi connectivity index (χ1) is 11.5. The highest BCUT2D eigenvalue weighted by Crippen LogP contribution is 2.16. The van der Waals surface area contributed by atoms with Gasteiger partial charge in [-0.15, -0.1) is 0 Å². The number of aromatic nitrogens is 1. The van der Waals surface area contributed by atoms with Crippen LogP contribution in [0.4, 0.5) is 0 Å². The normalized spacial score (nSPS) is 21.6. The lowest BCUT2D eigenvalue weighted by Crippen LogP contribution is -2.46. The van der Waals surface area contributed by atoms with Gasteiger partial charge in [0.2, 0.25) is 11.8 Å². The molecule has 1 aromatic rings. The maximum atomic E-state index is 12.7. The van der Waals surface area contributed by atoms with E-state index in [2.05, 4.69) is 10.3 Å². The van der Waals surface area contributed by atoms with Crippen molar-refractivity contribution < 1.29 is 14.4 Å². The fraction of sp³-hybridized carbons (Fsp3) is 0.588. The van der Waals surface area contributed by atoms with Crippen molar-refractivity contribution in [3.05, 3.63) is 23.0 Å². The van der Waals surface area contributed by atoms with Gasteiger partial charge in [0.05, 0.1) is 5.56 Å². The monoisotopic (exact) mass is 332 g/mol. The Balaban J connectivity index is 1.62. The topological polar surface area (TPSA) is 85.5 Å². The van der Waals surface area contributed by atoms with Crippen LogP contribution in [0.2, 0.25) is 0 Å². The van der Waals surface area contributed by atoms with E-state index in [1.165, 1.54) is 0 Å². The zero-order valence-electron chi connectivity index (χ0n) is 14.2. The van der Waals surface area contributed by atoms with E-state index in [0.717, 1.165) is 17.8 Å². The largest absolute Gasteiger partial charge is 0.362 e. The molecule has 2 aliphatic rings. The highest BCUT2D eigenvalue weighted by atomic mass is 16.2. The SMILES string of the molecule is Cc1cc(C(=O)N2CCCN(C(=O)C3CCC(=O)N3)CC2)c(C)[nH]1. The standard InChI is InChI=1S/C17H24N4O3/c1-11-10-13(12(2)18-11)16(23)20-6-3-7-21(9-8-20)17(24)14-4-5-15(22)19-14/h10,14,18H,3-9H2,1-2H3,(H,19,22). The van der Waals surface area contributed by atoms with E-state index in [-0.39, 0.29) is 17.7 Å². The van der Waals surface area contributed by atoms with E-state index < -0.39 is 6.04 Å². The summed E-state index contributed by atoms with van der Waals surface area (Å²) < 4.78 is 0. The first kappa shape index (κ1) is 16.5. The molecule has 1 atom stereocenters. The Hall–Kier alpha value is -2.31. The van der Waals surface area contributed by atoms with E-state index in [4.69, 9.17) is 0 Å². The Kier molecular flexibility index (Phi) is 4.59. The van der Waals surface area contributed by atoms with Crippen molar-refractivity contribution >= 4 is 17.7 Å². The molecule has 3 rings (SSSR count). The van der Waals surface area contributed by atoms with Crippen LogP contribution in [0.25, 0.3) is 0 Å². The number of nitrogens with zero attached hydrogens (tertiary/aromatic N) is 2. The molecule has 0 spiro atoms. The average molecular weight is 332 g/mol. The van der Waals surface area contributed by atoms with Gasteiger partial charge in [0.15, 0.2) is 0 Å². The molecule has 0 saturated carbocycles. The maximum Gasteiger partial charge on any atom is 0.255 e. The second-order valence-electron chi connectivity index (χ2n) is 6.62. The molecule has 2 saturated heterocycles. The lowest BCUT2D eigenvalue weighted by atomic mass is 10.2. The number of nitrogens with one attached hydrogen (secondary N) is 2. The van der Waals surface area contributed by atoms with E-state index in [1.807, 2.05) is 24.8 Å². The fourth-order valence-corrected chi connectivity index (χ4v) is 3.48. The van der Waals surface area contributed by atoms with E-state index in [0.29, 0.717) is 44.6 Å². The summed E-state index contributed by atoms with van der Waals surface area (Å²) in [5.41, 5.74) is 2.55. The Morgan fingerprint density at radius 1 is 1.12 bits per heavy atom. The third-order valence-electron chi connectivity index (χ3n) is 4.77. The summed E-state index contributed by atoms with van der Waals surface area (Å²) in [5, 5.41) is 2.73. The molecule has 2 fully saturated rings. The van der Waals surface area contributed by atoms with E-state index in [1.54, 1.807) is 4.90 Å². The third-order valence-corrected chi connectivity index (χ3v) is 4.77. The minimum Gasteiger partial charge on any atom is -0.362 e. The number of hydrogen-bond acceptors (Lipinski definition) is 3. The Morgan fingerprint density at radius 3 is 2.46 bits per heavy atom. The molecule has 3 heterocycles. The average Bonchev–Trinajstić information content (AvgIpc) is 3.02. The van der Waals surface area contributed by atoms with Crippen LogP contribution < -0.4 is 5.32 Å². The van der Waals surface area contributed by atoms with Crippen molar-refractivity contribution in [2.24, 2.45) is 0 Å². The third kappa shape index (κ3) is 3.29. The molecular weight excluding hydrogens is 308 g/mol. The summed E-state index contributed by atoms with van der Waals surface area (Å²) in [7, 11) is 0. The predicted octanol–water partition coefficient (Wildman–Crippen LogP) is 0.585. The summed E-state index contributed by atoms with van der Waals surface area (Å²) in [6.45, 7) is 6.14. The van der Waals surface area contributed by atoms with Gasteiger partial charge in [0.25, 0.3) is 5.91 Å². The predicted molar refractivity (Wildman–Crippen MR) is 88.5 cm³/mol. The first-order valence-electron chi connectivity index (χ1n) is 8.49. The number of aryl methyl sites for hydroxylation is 2. The molecule has 1 unspecified atom stereocenters. The molecular formula is C17H24N4O3. The highest BCUT2D eigenvalue weighted by Gasteiger charge is 2.32. The van der Waals surface area contributed by atoms with Crippen molar-refractivity contribution in [3.8, 4) is 0 Å². The number of carbonyl (C=O) groups is 3. The van der Waals surface area contributed by atoms with Gasteiger partial charge in [-0.1, -0.05) is 0 Å². The van der Waals surface area contributed by atoms with Crippen molar-refractivity contribution in [3.63, 3.8) is 0 Å². The highest BCUT2D eigenvalue weighted by molar-refractivity contribution is 5.96. The van der Waals surface area contributed by atoms with Gasteiger partial charge >= 0.3 is 0 Å². The molecule has 1 aromatic heterocycles. The maximum absolute atomic E-state index is 12.7. The van der Waals surface area contributed by atoms with Crippen LogP contribution in [0.15, 0.2) is 6.07 Å². The van der Waals surface area contributed by atoms with Crippen molar-refractivity contribution in [2.45, 2.75) is 39.2 Å². The second kappa shape index (κ2) is 6.67. The lowest BCUT2D eigenvalue weighted by molar-refractivity contribution is -0.134. The Bertz CT molecular complexity index is 667. The molecule has 2 N–H and O–H groups in total. The molecule has 0 aliphatic carbocycles. The molecule has 3 amide bonds. The number of rotatable bonds is 2. The number of aromatic amines is 1. The van der Waals surface area contributed by atoms with Gasteiger partial charge < -0.3 is 20.1 Å². The zero-order valence-corrected chi connectivity index (χ0v) is 14.2. The first-order valence-corrected chi connectivity index (χ1v) is 8.49. The Labute approximate surface area is 141 Å². The van der Waals surface area contributed by atoms with Gasteiger partial charge in [0, 0.05) is 44.0 Å². The smallest absolute Gasteiger partial charge is 0.255 e. The second-order valence-corrected chi connectivity index (χ2v) is 6.62. The van der Waals surface area contributed by atoms with Crippen LogP contribution in [0.3, 0.4) is 0 Å². The van der Waals surface area contributed by atoms with Gasteiger partial charge in [-0.3, -0.25) is 14.4 Å². The summed E-state index contributed by atoms with van der Waals surface area (Å²) in [6, 6.07) is 1.48. The molecule has 130 valence electrons. The zero-order chi connectivity index (χ0) is 17.3. The molecule has 7 nitrogen and oxygen atoms in total. The van der Waals surface area contributed by atoms with Crippen LogP contribution in [-0.2, 0) is 9.59 Å². The fourth-order valence-electron chi connectivity index (χ4n) is 3.48. The number of amides is 3. The van der Waals surface area contributed by atoms with Crippen molar-refractivity contribution in [1.29, 1.82) is 0 Å². The molecule has 7 heteroatoms. The summed E-state index contributed by atoms with van der Waals surface area (Å²) in [6.07, 6.45) is 1.74. The lowest BCUT2D eigenvalue weighted by Gasteiger charge is -2.24. The van der Waals surface area contributed by atoms with Crippen molar-refractivity contribution in [1.82, 2.24) is 20.1 Å². The molecule has 24 heavy (non-hydrogen) atoms. The quantitative estimate of drug-likeness (QED) is 0.831. The van der Waals surface area contributed by atoms with Gasteiger partial charge in [-0.25, -0.2) is 0 Å². The van der Waals surface area contributed by atoms with Crippen molar-refractivity contribution in [2.75, 3.05) is 26.2 Å². The number of carbonyl (C=O) groups excluding carboxylic acids is 3. The van der Waals surface area contributed by atoms with E-state index >= 15 is 0 Å². The van der Waals surface area contributed by atoms with Gasteiger partial charge in [-0.05, 0) is 32.8 Å². The molecule has 0 radical (unpaired) electrons. The molecule has 0 bridgehead atoms. The minimum atomic E-state index is -0.394. The summed E-state index contributed by atoms with van der Waals surface area (Å²) in [4.78, 5) is 43.3. The van der Waals surface area contributed by atoms with E-state index in [9.17, 15) is 14.4 Å². The van der Waals surface area contributed by atoms with Gasteiger partial charge in [0.1, 0.15) is 6.04 Å². The van der Waals surface area contributed by atoms with Gasteiger partial charge in [-0.2, -0.15) is 0 Å². The number of H-pyrrole nitrogens is 1. The van der Waals surface area contributed by atoms with Crippen LogP contribution in [0, 0.1) is 13.8 Å².